The number of fused-ring (bicyclic) bond motifs is 1. The Balaban J connectivity index is 2.31. The molecule has 0 atom stereocenters. The van der Waals surface area contributed by atoms with E-state index in [0.29, 0.717) is 33.7 Å². The molecule has 0 bridgehead atoms. The van der Waals surface area contributed by atoms with E-state index in [-0.39, 0.29) is 11.3 Å². The quantitative estimate of drug-likeness (QED) is 0.600. The molecular formula is C21H22ClNO4S. The van der Waals surface area contributed by atoms with E-state index in [1.54, 1.807) is 43.6 Å². The summed E-state index contributed by atoms with van der Waals surface area (Å²) in [5.74, 6) is 0.567. The van der Waals surface area contributed by atoms with E-state index in [1.165, 1.54) is 10.8 Å². The molecule has 1 heterocycles. The van der Waals surface area contributed by atoms with Gasteiger partial charge in [0.15, 0.2) is 9.84 Å². The van der Waals surface area contributed by atoms with Crippen molar-refractivity contribution in [1.29, 1.82) is 0 Å². The van der Waals surface area contributed by atoms with Crippen LogP contribution in [0, 0.1) is 0 Å². The van der Waals surface area contributed by atoms with Crippen LogP contribution in [0.4, 0.5) is 0 Å². The molecule has 0 spiro atoms. The third-order valence-electron chi connectivity index (χ3n) is 4.37. The molecule has 3 aromatic rings. The summed E-state index contributed by atoms with van der Waals surface area (Å²) in [7, 11) is -1.50. The average Bonchev–Trinajstić information content (AvgIpc) is 2.62. The molecule has 2 aromatic carbocycles. The smallest absolute Gasteiger partial charge is 0.258 e. The van der Waals surface area contributed by atoms with Crippen LogP contribution in [0.2, 0.25) is 5.02 Å². The van der Waals surface area contributed by atoms with Gasteiger partial charge < -0.3 is 9.30 Å². The van der Waals surface area contributed by atoms with Crippen molar-refractivity contribution in [1.82, 2.24) is 4.57 Å². The van der Waals surface area contributed by atoms with Crippen molar-refractivity contribution in [3.63, 3.8) is 0 Å². The predicted octanol–water partition coefficient (Wildman–Crippen LogP) is 4.19. The van der Waals surface area contributed by atoms with Crippen molar-refractivity contribution in [3.05, 3.63) is 63.5 Å². The topological polar surface area (TPSA) is 65.4 Å². The minimum Gasteiger partial charge on any atom is -0.493 e. The Labute approximate surface area is 169 Å². The number of aromatic nitrogens is 1. The molecule has 0 aliphatic heterocycles. The lowest BCUT2D eigenvalue weighted by Crippen LogP contribution is -2.16. The molecule has 3 rings (SSSR count). The van der Waals surface area contributed by atoms with Crippen molar-refractivity contribution in [2.75, 3.05) is 12.9 Å². The van der Waals surface area contributed by atoms with E-state index in [1.807, 2.05) is 13.0 Å². The first-order valence-electron chi connectivity index (χ1n) is 8.92. The van der Waals surface area contributed by atoms with Crippen molar-refractivity contribution in [2.45, 2.75) is 19.1 Å². The van der Waals surface area contributed by atoms with Gasteiger partial charge in [0.25, 0.3) is 5.56 Å². The second-order valence-electron chi connectivity index (χ2n) is 6.90. The lowest BCUT2D eigenvalue weighted by atomic mass is 9.98. The predicted molar refractivity (Wildman–Crippen MR) is 114 cm³/mol. The van der Waals surface area contributed by atoms with Gasteiger partial charge in [0.2, 0.25) is 0 Å². The van der Waals surface area contributed by atoms with Crippen LogP contribution >= 0.6 is 11.6 Å². The highest BCUT2D eigenvalue weighted by molar-refractivity contribution is 7.89. The van der Waals surface area contributed by atoms with Crippen molar-refractivity contribution in [2.24, 2.45) is 7.05 Å². The summed E-state index contributed by atoms with van der Waals surface area (Å²) >= 11 is 6.19. The molecule has 7 heteroatoms. The maximum absolute atomic E-state index is 12.5. The lowest BCUT2D eigenvalue weighted by Gasteiger charge is -2.16. The first kappa shape index (κ1) is 20.4. The Morgan fingerprint density at radius 1 is 1.07 bits per heavy atom. The van der Waals surface area contributed by atoms with Crippen LogP contribution < -0.4 is 10.3 Å². The largest absolute Gasteiger partial charge is 0.493 e. The summed E-state index contributed by atoms with van der Waals surface area (Å²) in [6.07, 6.45) is 3.78. The fourth-order valence-electron chi connectivity index (χ4n) is 3.17. The molecule has 148 valence electrons. The molecule has 0 N–H and O–H groups in total. The third-order valence-corrected chi connectivity index (χ3v) is 5.46. The molecule has 0 aliphatic rings. The number of nitrogens with zero attached hydrogens (tertiary/aromatic N) is 1. The highest BCUT2D eigenvalue weighted by Crippen LogP contribution is 2.36. The van der Waals surface area contributed by atoms with E-state index in [9.17, 15) is 13.2 Å². The van der Waals surface area contributed by atoms with Crippen LogP contribution in [0.3, 0.4) is 0 Å². The first-order chi connectivity index (χ1) is 13.2. The molecule has 0 saturated heterocycles. The van der Waals surface area contributed by atoms with Crippen LogP contribution in [0.1, 0.15) is 18.9 Å². The normalized spacial score (nSPS) is 11.7. The zero-order valence-electron chi connectivity index (χ0n) is 16.0. The number of pyridine rings is 1. The van der Waals surface area contributed by atoms with Gasteiger partial charge in [0, 0.05) is 41.0 Å². The number of hydrogen-bond donors (Lipinski definition) is 0. The highest BCUT2D eigenvalue weighted by Gasteiger charge is 2.16. The van der Waals surface area contributed by atoms with E-state index in [4.69, 9.17) is 16.3 Å². The summed E-state index contributed by atoms with van der Waals surface area (Å²) in [5, 5.41) is 1.76. The first-order valence-corrected chi connectivity index (χ1v) is 11.4. The number of hydrogen-bond acceptors (Lipinski definition) is 4. The van der Waals surface area contributed by atoms with Gasteiger partial charge in [-0.3, -0.25) is 4.79 Å². The van der Waals surface area contributed by atoms with Gasteiger partial charge in [-0.15, -0.1) is 0 Å². The van der Waals surface area contributed by atoms with Gasteiger partial charge in [-0.25, -0.2) is 8.42 Å². The maximum Gasteiger partial charge on any atom is 0.258 e. The Morgan fingerprint density at radius 3 is 2.50 bits per heavy atom. The van der Waals surface area contributed by atoms with Gasteiger partial charge in [0.1, 0.15) is 5.75 Å². The fraction of sp³-hybridized carbons (Fsp3) is 0.286. The molecule has 28 heavy (non-hydrogen) atoms. The Kier molecular flexibility index (Phi) is 5.82. The number of rotatable bonds is 6. The van der Waals surface area contributed by atoms with Gasteiger partial charge in [-0.05, 0) is 47.7 Å². The summed E-state index contributed by atoms with van der Waals surface area (Å²) in [6.45, 7) is 2.54. The molecule has 0 saturated carbocycles. The molecule has 0 unspecified atom stereocenters. The number of aryl methyl sites for hydroxylation is 1. The van der Waals surface area contributed by atoms with Crippen LogP contribution in [0.25, 0.3) is 21.9 Å². The summed E-state index contributed by atoms with van der Waals surface area (Å²) in [6, 6.07) is 10.5. The molecule has 0 fully saturated rings. The van der Waals surface area contributed by atoms with Crippen molar-refractivity contribution >= 4 is 32.2 Å². The number of sulfone groups is 1. The van der Waals surface area contributed by atoms with Crippen LogP contribution in [-0.2, 0) is 22.6 Å². The molecule has 0 radical (unpaired) electrons. The Hall–Kier alpha value is -2.31. The molecule has 0 amide bonds. The number of ether oxygens (including phenoxy) is 1. The summed E-state index contributed by atoms with van der Waals surface area (Å²) in [4.78, 5) is 12.5. The minimum atomic E-state index is -3.19. The minimum absolute atomic E-state index is 0.0709. The Bertz CT molecular complexity index is 1200. The Morgan fingerprint density at radius 2 is 1.82 bits per heavy atom. The van der Waals surface area contributed by atoms with Gasteiger partial charge in [-0.2, -0.15) is 0 Å². The zero-order valence-corrected chi connectivity index (χ0v) is 17.6. The highest BCUT2D eigenvalue weighted by atomic mass is 35.5. The van der Waals surface area contributed by atoms with Gasteiger partial charge in [0.05, 0.1) is 12.4 Å². The maximum atomic E-state index is 12.5. The second kappa shape index (κ2) is 7.97. The molecular weight excluding hydrogens is 398 g/mol. The monoisotopic (exact) mass is 419 g/mol. The van der Waals surface area contributed by atoms with E-state index < -0.39 is 9.84 Å². The van der Waals surface area contributed by atoms with Crippen LogP contribution in [0.5, 0.6) is 5.75 Å². The second-order valence-corrected chi connectivity index (χ2v) is 9.47. The standard InChI is InChI=1S/C21H22ClNO4S/c1-4-9-27-20-8-5-14(13-28(3,25)26)10-18(20)19-12-23(2)21(24)16-7-6-15(22)11-17(16)19/h5-8,10-12H,4,9,13H2,1-3H3. The van der Waals surface area contributed by atoms with Gasteiger partial charge in [-0.1, -0.05) is 24.6 Å². The molecule has 5 nitrogen and oxygen atoms in total. The fourth-order valence-corrected chi connectivity index (χ4v) is 4.13. The zero-order chi connectivity index (χ0) is 20.5. The van der Waals surface area contributed by atoms with Gasteiger partial charge >= 0.3 is 0 Å². The van der Waals surface area contributed by atoms with Crippen LogP contribution in [-0.4, -0.2) is 25.8 Å². The van der Waals surface area contributed by atoms with Crippen molar-refractivity contribution in [3.8, 4) is 16.9 Å². The lowest BCUT2D eigenvalue weighted by molar-refractivity contribution is 0.318. The van der Waals surface area contributed by atoms with E-state index in [2.05, 4.69) is 0 Å². The van der Waals surface area contributed by atoms with E-state index in [0.717, 1.165) is 17.5 Å². The third kappa shape index (κ3) is 4.39. The SMILES string of the molecule is CCCOc1ccc(CS(C)(=O)=O)cc1-c1cn(C)c(=O)c2ccc(Cl)cc12. The van der Waals surface area contributed by atoms with Crippen molar-refractivity contribution < 1.29 is 13.2 Å². The summed E-state index contributed by atoms with van der Waals surface area (Å²) in [5.41, 5.74) is 2.03. The van der Waals surface area contributed by atoms with Crippen LogP contribution in [0.15, 0.2) is 47.4 Å². The molecule has 1 aromatic heterocycles. The number of benzene rings is 2. The molecule has 0 aliphatic carbocycles. The number of halogens is 1. The average molecular weight is 420 g/mol. The van der Waals surface area contributed by atoms with E-state index >= 15 is 0 Å². The summed E-state index contributed by atoms with van der Waals surface area (Å²) < 4.78 is 31.0.